The highest BCUT2D eigenvalue weighted by atomic mass is 79.9. The van der Waals surface area contributed by atoms with Crippen LogP contribution < -0.4 is 0 Å². The number of hydrogen-bond acceptors (Lipinski definition) is 1. The van der Waals surface area contributed by atoms with E-state index in [0.717, 1.165) is 10.0 Å². The van der Waals surface area contributed by atoms with Crippen molar-refractivity contribution in [3.8, 4) is 0 Å². The molecule has 0 aliphatic heterocycles. The van der Waals surface area contributed by atoms with Gasteiger partial charge in [-0.2, -0.15) is 13.2 Å². The molecule has 0 aromatic heterocycles. The summed E-state index contributed by atoms with van der Waals surface area (Å²) >= 11 is 6.58. The van der Waals surface area contributed by atoms with Crippen LogP contribution >= 0.6 is 31.9 Å². The predicted octanol–water partition coefficient (Wildman–Crippen LogP) is 4.51. The molecule has 0 radical (unpaired) electrons. The van der Waals surface area contributed by atoms with Crippen LogP contribution in [0.5, 0.6) is 0 Å². The summed E-state index contributed by atoms with van der Waals surface area (Å²) in [4.78, 5) is 0. The van der Waals surface area contributed by atoms with Gasteiger partial charge in [-0.3, -0.25) is 0 Å². The van der Waals surface area contributed by atoms with Crippen molar-refractivity contribution in [3.63, 3.8) is 0 Å². The lowest BCUT2D eigenvalue weighted by Gasteiger charge is -2.15. The molecule has 0 fully saturated rings. The Labute approximate surface area is 115 Å². The average Bonchev–Trinajstić information content (AvgIpc) is 2.24. The van der Waals surface area contributed by atoms with Crippen molar-refractivity contribution >= 4 is 31.9 Å². The molecular formula is C11H11Br2F3O. The molecule has 0 N–H and O–H groups in total. The van der Waals surface area contributed by atoms with Gasteiger partial charge < -0.3 is 4.74 Å². The molecule has 1 atom stereocenters. The molecule has 17 heavy (non-hydrogen) atoms. The van der Waals surface area contributed by atoms with E-state index in [0.29, 0.717) is 5.33 Å². The number of rotatable bonds is 5. The van der Waals surface area contributed by atoms with E-state index in [1.54, 1.807) is 0 Å². The molecule has 0 saturated heterocycles. The fraction of sp³-hybridized carbons (Fsp3) is 0.455. The molecule has 0 saturated carbocycles. The molecule has 0 heterocycles. The lowest BCUT2D eigenvalue weighted by molar-refractivity contribution is -0.174. The molecule has 1 aromatic rings. The molecular weight excluding hydrogens is 365 g/mol. The number of hydrogen-bond donors (Lipinski definition) is 0. The molecule has 1 nitrogen and oxygen atoms in total. The first-order valence-electron chi connectivity index (χ1n) is 4.88. The van der Waals surface area contributed by atoms with E-state index in [4.69, 9.17) is 0 Å². The quantitative estimate of drug-likeness (QED) is 0.688. The Morgan fingerprint density at radius 3 is 2.24 bits per heavy atom. The molecule has 0 bridgehead atoms. The fourth-order valence-electron chi connectivity index (χ4n) is 1.28. The highest BCUT2D eigenvalue weighted by Gasteiger charge is 2.28. The van der Waals surface area contributed by atoms with Gasteiger partial charge in [0.15, 0.2) is 0 Å². The molecule has 1 rings (SSSR count). The topological polar surface area (TPSA) is 9.23 Å². The highest BCUT2D eigenvalue weighted by Crippen LogP contribution is 2.22. The summed E-state index contributed by atoms with van der Waals surface area (Å²) in [6, 6.07) is 7.45. The van der Waals surface area contributed by atoms with Crippen LogP contribution in [0.15, 0.2) is 28.7 Å². The van der Waals surface area contributed by atoms with Crippen molar-refractivity contribution in [3.05, 3.63) is 34.3 Å². The minimum Gasteiger partial charge on any atom is -0.371 e. The first-order chi connectivity index (χ1) is 7.92. The summed E-state index contributed by atoms with van der Waals surface area (Å²) in [5.74, 6) is -0.0783. The molecule has 6 heteroatoms. The summed E-state index contributed by atoms with van der Waals surface area (Å²) in [5.41, 5.74) is 0.951. The van der Waals surface area contributed by atoms with Crippen LogP contribution in [0.4, 0.5) is 13.2 Å². The maximum absolute atomic E-state index is 11.9. The van der Waals surface area contributed by atoms with Gasteiger partial charge in [-0.1, -0.05) is 44.0 Å². The zero-order valence-corrected chi connectivity index (χ0v) is 12.0. The third-order valence-corrected chi connectivity index (χ3v) is 3.42. The standard InChI is InChI=1S/C11H11Br2F3O/c12-5-9(6-17-7-11(14,15)16)8-1-3-10(13)4-2-8/h1-4,9H,5-7H2. The zero-order chi connectivity index (χ0) is 12.9. The first kappa shape index (κ1) is 15.0. The summed E-state index contributed by atoms with van der Waals surface area (Å²) < 4.78 is 41.4. The normalized spacial score (nSPS) is 13.7. The number of alkyl halides is 4. The van der Waals surface area contributed by atoms with Crippen molar-refractivity contribution in [1.29, 1.82) is 0 Å². The van der Waals surface area contributed by atoms with Crippen LogP contribution in [0.1, 0.15) is 11.5 Å². The van der Waals surface area contributed by atoms with Crippen molar-refractivity contribution in [1.82, 2.24) is 0 Å². The van der Waals surface area contributed by atoms with Crippen LogP contribution in [0, 0.1) is 0 Å². The summed E-state index contributed by atoms with van der Waals surface area (Å²) in [5, 5.41) is 0.562. The van der Waals surface area contributed by atoms with Crippen LogP contribution in [0.25, 0.3) is 0 Å². The Kier molecular flexibility index (Phi) is 5.95. The Hall–Kier alpha value is -0.0700. The van der Waals surface area contributed by atoms with Crippen molar-refractivity contribution in [2.75, 3.05) is 18.5 Å². The predicted molar refractivity (Wildman–Crippen MR) is 67.6 cm³/mol. The maximum atomic E-state index is 11.9. The minimum atomic E-state index is -4.27. The lowest BCUT2D eigenvalue weighted by Crippen LogP contribution is -2.20. The minimum absolute atomic E-state index is 0.0480. The fourth-order valence-corrected chi connectivity index (χ4v) is 2.11. The van der Waals surface area contributed by atoms with Gasteiger partial charge in [0.1, 0.15) is 6.61 Å². The largest absolute Gasteiger partial charge is 0.411 e. The van der Waals surface area contributed by atoms with Crippen molar-refractivity contribution < 1.29 is 17.9 Å². The van der Waals surface area contributed by atoms with E-state index in [9.17, 15) is 13.2 Å². The average molecular weight is 376 g/mol. The van der Waals surface area contributed by atoms with Crippen LogP contribution in [-0.2, 0) is 4.74 Å². The molecule has 0 amide bonds. The summed E-state index contributed by atoms with van der Waals surface area (Å²) in [6.07, 6.45) is -4.27. The summed E-state index contributed by atoms with van der Waals surface area (Å²) in [7, 11) is 0. The second-order valence-electron chi connectivity index (χ2n) is 3.53. The van der Waals surface area contributed by atoms with Gasteiger partial charge >= 0.3 is 6.18 Å². The Morgan fingerprint density at radius 2 is 1.76 bits per heavy atom. The SMILES string of the molecule is FC(F)(F)COCC(CBr)c1ccc(Br)cc1. The summed E-state index contributed by atoms with van der Waals surface area (Å²) in [6.45, 7) is -1.15. The molecule has 0 spiro atoms. The Morgan fingerprint density at radius 1 is 1.18 bits per heavy atom. The van der Waals surface area contributed by atoms with E-state index in [1.807, 2.05) is 24.3 Å². The van der Waals surface area contributed by atoms with Crippen molar-refractivity contribution in [2.45, 2.75) is 12.1 Å². The van der Waals surface area contributed by atoms with E-state index >= 15 is 0 Å². The van der Waals surface area contributed by atoms with E-state index < -0.39 is 12.8 Å². The third kappa shape index (κ3) is 5.88. The molecule has 1 aromatic carbocycles. The zero-order valence-electron chi connectivity index (χ0n) is 8.81. The number of ether oxygens (including phenoxy) is 1. The van der Waals surface area contributed by atoms with E-state index in [-0.39, 0.29) is 12.5 Å². The van der Waals surface area contributed by atoms with Gasteiger partial charge in [0.05, 0.1) is 6.61 Å². The molecule has 1 unspecified atom stereocenters. The smallest absolute Gasteiger partial charge is 0.371 e. The third-order valence-electron chi connectivity index (χ3n) is 2.11. The van der Waals surface area contributed by atoms with Crippen LogP contribution in [-0.4, -0.2) is 24.7 Å². The molecule has 0 aliphatic carbocycles. The van der Waals surface area contributed by atoms with Gasteiger partial charge in [0, 0.05) is 15.7 Å². The number of benzene rings is 1. The lowest BCUT2D eigenvalue weighted by atomic mass is 10.0. The second-order valence-corrected chi connectivity index (χ2v) is 5.10. The van der Waals surface area contributed by atoms with Gasteiger partial charge in [-0.15, -0.1) is 0 Å². The van der Waals surface area contributed by atoms with E-state index in [1.165, 1.54) is 0 Å². The van der Waals surface area contributed by atoms with Gasteiger partial charge in [0.2, 0.25) is 0 Å². The molecule has 96 valence electrons. The van der Waals surface area contributed by atoms with Crippen molar-refractivity contribution in [2.24, 2.45) is 0 Å². The number of halogens is 5. The van der Waals surface area contributed by atoms with Gasteiger partial charge in [0.25, 0.3) is 0 Å². The first-order valence-corrected chi connectivity index (χ1v) is 6.80. The highest BCUT2D eigenvalue weighted by molar-refractivity contribution is 9.10. The van der Waals surface area contributed by atoms with Gasteiger partial charge in [-0.05, 0) is 17.7 Å². The monoisotopic (exact) mass is 374 g/mol. The van der Waals surface area contributed by atoms with E-state index in [2.05, 4.69) is 36.6 Å². The van der Waals surface area contributed by atoms with Crippen LogP contribution in [0.2, 0.25) is 0 Å². The Balaban J connectivity index is 2.51. The van der Waals surface area contributed by atoms with Gasteiger partial charge in [-0.25, -0.2) is 0 Å². The second kappa shape index (κ2) is 6.75. The maximum Gasteiger partial charge on any atom is 0.411 e. The van der Waals surface area contributed by atoms with Crippen LogP contribution in [0.3, 0.4) is 0 Å². The Bertz CT molecular complexity index is 338. The molecule has 0 aliphatic rings.